The summed E-state index contributed by atoms with van der Waals surface area (Å²) in [4.78, 5) is 37.8. The summed E-state index contributed by atoms with van der Waals surface area (Å²) in [5, 5.41) is 2.68. The number of nitrogens with one attached hydrogen (secondary N) is 1. The molecule has 2 rings (SSSR count). The predicted molar refractivity (Wildman–Crippen MR) is 83.5 cm³/mol. The Hall–Kier alpha value is -2.11. The van der Waals surface area contributed by atoms with E-state index in [4.69, 9.17) is 0 Å². The summed E-state index contributed by atoms with van der Waals surface area (Å²) in [6.45, 7) is 4.96. The third-order valence-corrected chi connectivity index (χ3v) is 3.88. The highest BCUT2D eigenvalue weighted by Crippen LogP contribution is 2.09. The van der Waals surface area contributed by atoms with Crippen molar-refractivity contribution < 1.29 is 9.59 Å². The molecule has 22 heavy (non-hydrogen) atoms. The molecule has 1 aliphatic heterocycles. The highest BCUT2D eigenvalue weighted by atomic mass is 16.2. The number of hydrogen-bond acceptors (Lipinski definition) is 3. The molecule has 120 valence electrons. The van der Waals surface area contributed by atoms with Gasteiger partial charge in [0.2, 0.25) is 11.8 Å². The highest BCUT2D eigenvalue weighted by Gasteiger charge is 2.23. The summed E-state index contributed by atoms with van der Waals surface area (Å²) in [6.07, 6.45) is 4.78. The van der Waals surface area contributed by atoms with Gasteiger partial charge in [-0.15, -0.1) is 0 Å². The fourth-order valence-electron chi connectivity index (χ4n) is 2.63. The average molecular weight is 305 g/mol. The maximum Gasteiger partial charge on any atom is 0.251 e. The van der Waals surface area contributed by atoms with Crippen molar-refractivity contribution in [2.45, 2.75) is 45.7 Å². The predicted octanol–water partition coefficient (Wildman–Crippen LogP) is 0.674. The minimum Gasteiger partial charge on any atom is -0.343 e. The first kappa shape index (κ1) is 16.3. The fourth-order valence-corrected chi connectivity index (χ4v) is 2.63. The number of piperidine rings is 1. The summed E-state index contributed by atoms with van der Waals surface area (Å²) < 4.78 is 1.33. The first-order valence-corrected chi connectivity index (χ1v) is 7.72. The van der Waals surface area contributed by atoms with Gasteiger partial charge in [0.1, 0.15) is 12.6 Å². The number of likely N-dealkylation sites (tertiary alicyclic amines) is 1. The van der Waals surface area contributed by atoms with Crippen LogP contribution >= 0.6 is 0 Å². The van der Waals surface area contributed by atoms with Gasteiger partial charge in [0.25, 0.3) is 5.56 Å². The number of nitrogens with zero attached hydrogens (tertiary/aromatic N) is 2. The van der Waals surface area contributed by atoms with Crippen LogP contribution < -0.4 is 10.9 Å². The lowest BCUT2D eigenvalue weighted by Gasteiger charge is -2.29. The molecule has 6 heteroatoms. The van der Waals surface area contributed by atoms with Crippen LogP contribution in [-0.4, -0.2) is 40.4 Å². The zero-order chi connectivity index (χ0) is 16.1. The number of aryl methyl sites for hydroxylation is 1. The Kier molecular flexibility index (Phi) is 5.35. The molecule has 0 radical (unpaired) electrons. The number of rotatable bonds is 4. The molecule has 0 aromatic carbocycles. The molecule has 0 aliphatic carbocycles. The van der Waals surface area contributed by atoms with Crippen LogP contribution in [0.25, 0.3) is 0 Å². The topological polar surface area (TPSA) is 71.4 Å². The average Bonchev–Trinajstić information content (AvgIpc) is 2.50. The van der Waals surface area contributed by atoms with E-state index in [2.05, 4.69) is 5.32 Å². The molecule has 2 amide bonds. The second-order valence-electron chi connectivity index (χ2n) is 5.85. The van der Waals surface area contributed by atoms with Crippen LogP contribution in [0, 0.1) is 6.92 Å². The second-order valence-corrected chi connectivity index (χ2v) is 5.85. The molecule has 1 aliphatic rings. The lowest BCUT2D eigenvalue weighted by Crippen LogP contribution is -2.49. The Labute approximate surface area is 130 Å². The van der Waals surface area contributed by atoms with Gasteiger partial charge in [-0.1, -0.05) is 0 Å². The van der Waals surface area contributed by atoms with Gasteiger partial charge in [0.05, 0.1) is 0 Å². The largest absolute Gasteiger partial charge is 0.343 e. The molecule has 0 spiro atoms. The zero-order valence-corrected chi connectivity index (χ0v) is 13.2. The number of amides is 2. The third kappa shape index (κ3) is 4.19. The summed E-state index contributed by atoms with van der Waals surface area (Å²) in [7, 11) is 0. The number of hydrogen-bond donors (Lipinski definition) is 1. The molecule has 1 aromatic rings. The summed E-state index contributed by atoms with van der Waals surface area (Å²) in [6, 6.07) is 2.69. The smallest absolute Gasteiger partial charge is 0.251 e. The molecule has 1 fully saturated rings. The van der Waals surface area contributed by atoms with Gasteiger partial charge in [-0.3, -0.25) is 14.4 Å². The van der Waals surface area contributed by atoms with Gasteiger partial charge in [0, 0.05) is 25.4 Å². The van der Waals surface area contributed by atoms with Crippen molar-refractivity contribution in [3.05, 3.63) is 34.2 Å². The Morgan fingerprint density at radius 2 is 1.95 bits per heavy atom. The van der Waals surface area contributed by atoms with E-state index in [1.165, 1.54) is 10.6 Å². The second kappa shape index (κ2) is 7.24. The Balaban J connectivity index is 1.90. The monoisotopic (exact) mass is 305 g/mol. The van der Waals surface area contributed by atoms with E-state index in [0.717, 1.165) is 37.9 Å². The van der Waals surface area contributed by atoms with Crippen LogP contribution in [0.4, 0.5) is 0 Å². The van der Waals surface area contributed by atoms with E-state index < -0.39 is 6.04 Å². The number of pyridine rings is 1. The molecule has 1 N–H and O–H groups in total. The van der Waals surface area contributed by atoms with Crippen LogP contribution in [0.1, 0.15) is 31.7 Å². The van der Waals surface area contributed by atoms with Gasteiger partial charge in [-0.05, 0) is 44.7 Å². The molecule has 2 heterocycles. The van der Waals surface area contributed by atoms with Crippen molar-refractivity contribution in [3.63, 3.8) is 0 Å². The van der Waals surface area contributed by atoms with Gasteiger partial charge in [0.15, 0.2) is 0 Å². The Bertz CT molecular complexity index is 603. The fraction of sp³-hybridized carbons (Fsp3) is 0.562. The van der Waals surface area contributed by atoms with Crippen molar-refractivity contribution in [1.82, 2.24) is 14.8 Å². The molecule has 1 atom stereocenters. The van der Waals surface area contributed by atoms with Gasteiger partial charge < -0.3 is 14.8 Å². The standard InChI is InChI=1S/C16H23N3O3/c1-12-6-9-19(15(21)10-12)11-14(20)17-13(2)16(22)18-7-4-3-5-8-18/h6,9-10,13H,3-5,7-8,11H2,1-2H3,(H,17,20). The van der Waals surface area contributed by atoms with Gasteiger partial charge >= 0.3 is 0 Å². The van der Waals surface area contributed by atoms with Gasteiger partial charge in [-0.2, -0.15) is 0 Å². The lowest BCUT2D eigenvalue weighted by molar-refractivity contribution is -0.136. The van der Waals surface area contributed by atoms with Crippen LogP contribution in [0.15, 0.2) is 23.1 Å². The van der Waals surface area contributed by atoms with E-state index >= 15 is 0 Å². The van der Waals surface area contributed by atoms with Crippen LogP contribution in [0.5, 0.6) is 0 Å². The maximum atomic E-state index is 12.2. The highest BCUT2D eigenvalue weighted by molar-refractivity contribution is 5.87. The van der Waals surface area contributed by atoms with Crippen LogP contribution in [0.2, 0.25) is 0 Å². The number of carbonyl (C=O) groups excluding carboxylic acids is 2. The molecule has 0 saturated carbocycles. The maximum absolute atomic E-state index is 12.2. The van der Waals surface area contributed by atoms with E-state index in [-0.39, 0.29) is 23.9 Å². The third-order valence-electron chi connectivity index (χ3n) is 3.88. The lowest BCUT2D eigenvalue weighted by atomic mass is 10.1. The van der Waals surface area contributed by atoms with Crippen molar-refractivity contribution >= 4 is 11.8 Å². The van der Waals surface area contributed by atoms with Gasteiger partial charge in [-0.25, -0.2) is 0 Å². The number of carbonyl (C=O) groups is 2. The van der Waals surface area contributed by atoms with Crippen molar-refractivity contribution in [2.75, 3.05) is 13.1 Å². The summed E-state index contributed by atoms with van der Waals surface area (Å²) in [5.74, 6) is -0.381. The molecule has 1 saturated heterocycles. The van der Waals surface area contributed by atoms with E-state index in [1.54, 1.807) is 24.1 Å². The van der Waals surface area contributed by atoms with Crippen molar-refractivity contribution in [2.24, 2.45) is 0 Å². The minimum absolute atomic E-state index is 0.0516. The minimum atomic E-state index is -0.563. The zero-order valence-electron chi connectivity index (χ0n) is 13.2. The molecule has 6 nitrogen and oxygen atoms in total. The molecule has 0 bridgehead atoms. The van der Waals surface area contributed by atoms with Crippen molar-refractivity contribution in [1.29, 1.82) is 0 Å². The first-order chi connectivity index (χ1) is 10.5. The van der Waals surface area contributed by atoms with E-state index in [9.17, 15) is 14.4 Å². The number of aromatic nitrogens is 1. The van der Waals surface area contributed by atoms with E-state index in [0.29, 0.717) is 0 Å². The van der Waals surface area contributed by atoms with Crippen LogP contribution in [0.3, 0.4) is 0 Å². The quantitative estimate of drug-likeness (QED) is 0.889. The normalized spacial score (nSPS) is 16.2. The molecule has 1 unspecified atom stereocenters. The molecule has 1 aromatic heterocycles. The van der Waals surface area contributed by atoms with Crippen LogP contribution in [-0.2, 0) is 16.1 Å². The molecular formula is C16H23N3O3. The van der Waals surface area contributed by atoms with Crippen molar-refractivity contribution in [3.8, 4) is 0 Å². The molecular weight excluding hydrogens is 282 g/mol. The Morgan fingerprint density at radius 1 is 1.27 bits per heavy atom. The Morgan fingerprint density at radius 3 is 2.59 bits per heavy atom. The summed E-state index contributed by atoms with van der Waals surface area (Å²) >= 11 is 0. The van der Waals surface area contributed by atoms with E-state index in [1.807, 2.05) is 6.92 Å². The first-order valence-electron chi connectivity index (χ1n) is 7.72. The SMILES string of the molecule is Cc1ccn(CC(=O)NC(C)C(=O)N2CCCCC2)c(=O)c1. The summed E-state index contributed by atoms with van der Waals surface area (Å²) in [5.41, 5.74) is 0.639.